The highest BCUT2D eigenvalue weighted by atomic mass is 16.1. The topological polar surface area (TPSA) is 102 Å². The van der Waals surface area contributed by atoms with Crippen LogP contribution in [0.1, 0.15) is 59.8 Å². The molecule has 1 N–H and O–H groups in total. The summed E-state index contributed by atoms with van der Waals surface area (Å²) < 4.78 is 1.92. The van der Waals surface area contributed by atoms with Gasteiger partial charge in [0.25, 0.3) is 0 Å². The van der Waals surface area contributed by atoms with E-state index in [2.05, 4.69) is 9.97 Å². The molecular formula is C42H35N3O4. The van der Waals surface area contributed by atoms with E-state index in [1.807, 2.05) is 105 Å². The van der Waals surface area contributed by atoms with E-state index < -0.39 is 0 Å². The van der Waals surface area contributed by atoms with Crippen LogP contribution in [0.5, 0.6) is 0 Å². The summed E-state index contributed by atoms with van der Waals surface area (Å²) in [4.78, 5) is 58.6. The minimum Gasteiger partial charge on any atom is -0.360 e. The summed E-state index contributed by atoms with van der Waals surface area (Å²) in [5, 5.41) is 1.07. The number of H-pyrrole nitrogens is 1. The largest absolute Gasteiger partial charge is 0.360 e. The molecule has 0 aliphatic heterocycles. The number of fused-ring (bicyclic) bond motifs is 2. The van der Waals surface area contributed by atoms with Crippen LogP contribution in [0, 0.1) is 27.7 Å². The van der Waals surface area contributed by atoms with Crippen LogP contribution < -0.4 is 10.9 Å². The summed E-state index contributed by atoms with van der Waals surface area (Å²) in [6, 6.07) is 31.3. The van der Waals surface area contributed by atoms with E-state index in [-0.39, 0.29) is 33.6 Å². The van der Waals surface area contributed by atoms with Crippen LogP contribution in [0.25, 0.3) is 21.8 Å². The summed E-state index contributed by atoms with van der Waals surface area (Å²) in [7, 11) is 0. The number of carbonyl (C=O) groups excluding carboxylic acids is 2. The molecule has 242 valence electrons. The molecule has 0 aliphatic carbocycles. The average Bonchev–Trinajstić information content (AvgIpc) is 3.12. The van der Waals surface area contributed by atoms with Crippen LogP contribution in [-0.2, 0) is 6.54 Å². The lowest BCUT2D eigenvalue weighted by atomic mass is 9.99. The molecule has 0 radical (unpaired) electrons. The fraction of sp³-hybridized carbons (Fsp3) is 0.119. The fourth-order valence-corrected chi connectivity index (χ4v) is 5.72. The van der Waals surface area contributed by atoms with Gasteiger partial charge in [0.05, 0.1) is 28.9 Å². The predicted molar refractivity (Wildman–Crippen MR) is 195 cm³/mol. The van der Waals surface area contributed by atoms with Crippen molar-refractivity contribution in [2.75, 3.05) is 0 Å². The van der Waals surface area contributed by atoms with E-state index in [1.165, 1.54) is 6.20 Å². The first kappa shape index (κ1) is 32.7. The van der Waals surface area contributed by atoms with Crippen molar-refractivity contribution in [2.45, 2.75) is 34.2 Å². The average molecular weight is 646 g/mol. The number of para-hydroxylation sites is 2. The third kappa shape index (κ3) is 6.78. The highest BCUT2D eigenvalue weighted by Gasteiger charge is 2.18. The molecule has 4 aromatic carbocycles. The monoisotopic (exact) mass is 645 g/mol. The van der Waals surface area contributed by atoms with Crippen molar-refractivity contribution in [3.05, 3.63) is 192 Å². The smallest absolute Gasteiger partial charge is 0.200 e. The molecule has 0 fully saturated rings. The van der Waals surface area contributed by atoms with Gasteiger partial charge in [0.1, 0.15) is 0 Å². The van der Waals surface area contributed by atoms with E-state index in [4.69, 9.17) is 0 Å². The Kier molecular flexibility index (Phi) is 9.27. The molecule has 0 saturated carbocycles. The number of benzene rings is 4. The quantitative estimate of drug-likeness (QED) is 0.187. The number of aryl methyl sites for hydroxylation is 4. The zero-order chi connectivity index (χ0) is 34.7. The van der Waals surface area contributed by atoms with Gasteiger partial charge in [-0.3, -0.25) is 24.2 Å². The second-order valence-electron chi connectivity index (χ2n) is 12.2. The maximum Gasteiger partial charge on any atom is 0.200 e. The van der Waals surface area contributed by atoms with Crippen LogP contribution >= 0.6 is 0 Å². The SMILES string of the molecule is Cc1ccc(C(=O)c2c[nH]c3ccccc3c2=O)cc1C.Cc1ccc(C(=O)c2cn(Cc3ccccn3)c3ccccc3c2=O)cc1C. The van der Waals surface area contributed by atoms with E-state index >= 15 is 0 Å². The van der Waals surface area contributed by atoms with Crippen molar-refractivity contribution in [2.24, 2.45) is 0 Å². The first-order chi connectivity index (χ1) is 23.6. The van der Waals surface area contributed by atoms with Crippen molar-refractivity contribution >= 4 is 33.4 Å². The lowest BCUT2D eigenvalue weighted by molar-refractivity contribution is 0.102. The molecule has 0 saturated heterocycles. The number of carbonyl (C=O) groups is 2. The molecule has 0 atom stereocenters. The lowest BCUT2D eigenvalue weighted by Gasteiger charge is -2.13. The molecule has 7 heteroatoms. The van der Waals surface area contributed by atoms with Crippen LogP contribution in [0.4, 0.5) is 0 Å². The Bertz CT molecular complexity index is 2490. The molecule has 49 heavy (non-hydrogen) atoms. The Balaban J connectivity index is 0.000000177. The van der Waals surface area contributed by atoms with Gasteiger partial charge in [-0.25, -0.2) is 0 Å². The summed E-state index contributed by atoms with van der Waals surface area (Å²) >= 11 is 0. The summed E-state index contributed by atoms with van der Waals surface area (Å²) in [5.74, 6) is -0.501. The van der Waals surface area contributed by atoms with Crippen LogP contribution in [0.15, 0.2) is 131 Å². The number of rotatable bonds is 6. The van der Waals surface area contributed by atoms with Gasteiger partial charge in [0.2, 0.25) is 10.9 Å². The van der Waals surface area contributed by atoms with Crippen LogP contribution in [-0.4, -0.2) is 26.1 Å². The third-order valence-corrected chi connectivity index (χ3v) is 8.86. The number of ketones is 2. The lowest BCUT2D eigenvalue weighted by Crippen LogP contribution is -2.20. The molecule has 3 heterocycles. The van der Waals surface area contributed by atoms with Crippen LogP contribution in [0.3, 0.4) is 0 Å². The summed E-state index contributed by atoms with van der Waals surface area (Å²) in [6.07, 6.45) is 4.90. The highest BCUT2D eigenvalue weighted by molar-refractivity contribution is 6.11. The van der Waals surface area contributed by atoms with Gasteiger partial charge in [0.15, 0.2) is 11.6 Å². The van der Waals surface area contributed by atoms with E-state index in [9.17, 15) is 19.2 Å². The Morgan fingerprint density at radius 1 is 0.633 bits per heavy atom. The van der Waals surface area contributed by atoms with Crippen molar-refractivity contribution in [3.63, 3.8) is 0 Å². The van der Waals surface area contributed by atoms with Crippen molar-refractivity contribution in [1.29, 1.82) is 0 Å². The van der Waals surface area contributed by atoms with Gasteiger partial charge in [0, 0.05) is 46.0 Å². The first-order valence-electron chi connectivity index (χ1n) is 16.0. The Morgan fingerprint density at radius 3 is 1.84 bits per heavy atom. The summed E-state index contributed by atoms with van der Waals surface area (Å²) in [5.41, 5.74) is 7.65. The maximum absolute atomic E-state index is 13.2. The van der Waals surface area contributed by atoms with E-state index in [0.717, 1.165) is 39.0 Å². The Hall–Kier alpha value is -6.21. The van der Waals surface area contributed by atoms with Crippen molar-refractivity contribution in [3.8, 4) is 0 Å². The Labute approximate surface area is 283 Å². The van der Waals surface area contributed by atoms with Crippen LogP contribution in [0.2, 0.25) is 0 Å². The second kappa shape index (κ2) is 13.9. The molecule has 7 nitrogen and oxygen atoms in total. The van der Waals surface area contributed by atoms with Gasteiger partial charge in [-0.05, 0) is 98.5 Å². The van der Waals surface area contributed by atoms with Crippen molar-refractivity contribution < 1.29 is 9.59 Å². The van der Waals surface area contributed by atoms with Gasteiger partial charge < -0.3 is 9.55 Å². The molecule has 0 unspecified atom stereocenters. The molecule has 7 rings (SSSR count). The number of nitrogens with zero attached hydrogens (tertiary/aromatic N) is 2. The third-order valence-electron chi connectivity index (χ3n) is 8.86. The van der Waals surface area contributed by atoms with Gasteiger partial charge in [-0.2, -0.15) is 0 Å². The summed E-state index contributed by atoms with van der Waals surface area (Å²) in [6.45, 7) is 8.39. The minimum absolute atomic E-state index is 0.178. The standard InChI is InChI=1S/C24H20N2O2.C18H15NO2/c1-16-10-11-18(13-17(16)2)23(27)21-15-26(14-19-7-5-6-12-25-19)22-9-4-3-8-20(22)24(21)28;1-11-7-8-13(9-12(11)2)17(20)15-10-19-16-6-4-3-5-14(16)18(15)21/h3-13,15H,14H2,1-2H3;3-10H,1-2H3,(H,19,21). The molecule has 0 aliphatic rings. The van der Waals surface area contributed by atoms with Gasteiger partial charge in [-0.1, -0.05) is 54.6 Å². The number of pyridine rings is 3. The number of aromatic nitrogens is 3. The maximum atomic E-state index is 13.2. The molecule has 0 amide bonds. The number of aromatic amines is 1. The fourth-order valence-electron chi connectivity index (χ4n) is 5.72. The van der Waals surface area contributed by atoms with E-state index in [0.29, 0.717) is 28.4 Å². The van der Waals surface area contributed by atoms with E-state index in [1.54, 1.807) is 42.7 Å². The number of nitrogens with one attached hydrogen (secondary N) is 1. The second-order valence-corrected chi connectivity index (χ2v) is 12.2. The molecule has 3 aromatic heterocycles. The normalized spacial score (nSPS) is 10.9. The first-order valence-corrected chi connectivity index (χ1v) is 16.0. The molecule has 0 spiro atoms. The zero-order valence-corrected chi connectivity index (χ0v) is 27.8. The predicted octanol–water partition coefficient (Wildman–Crippen LogP) is 7.67. The highest BCUT2D eigenvalue weighted by Crippen LogP contribution is 2.18. The number of hydrogen-bond donors (Lipinski definition) is 1. The molecular weight excluding hydrogens is 610 g/mol. The molecule has 7 aromatic rings. The Morgan fingerprint density at radius 2 is 1.20 bits per heavy atom. The minimum atomic E-state index is -0.256. The molecule has 0 bridgehead atoms. The number of hydrogen-bond acceptors (Lipinski definition) is 5. The van der Waals surface area contributed by atoms with Crippen molar-refractivity contribution in [1.82, 2.24) is 14.5 Å². The van der Waals surface area contributed by atoms with Gasteiger partial charge in [-0.15, -0.1) is 0 Å². The van der Waals surface area contributed by atoms with Gasteiger partial charge >= 0.3 is 0 Å². The zero-order valence-electron chi connectivity index (χ0n) is 27.8.